The van der Waals surface area contributed by atoms with Gasteiger partial charge in [-0.25, -0.2) is 9.18 Å². The van der Waals surface area contributed by atoms with Crippen molar-refractivity contribution in [3.63, 3.8) is 0 Å². The molecule has 24 heavy (non-hydrogen) atoms. The highest BCUT2D eigenvalue weighted by Gasteiger charge is 2.43. The van der Waals surface area contributed by atoms with E-state index in [2.05, 4.69) is 5.32 Å². The van der Waals surface area contributed by atoms with Crippen molar-refractivity contribution in [2.75, 3.05) is 26.3 Å². The van der Waals surface area contributed by atoms with E-state index in [0.717, 1.165) is 57.6 Å². The number of rotatable bonds is 3. The lowest BCUT2D eigenvalue weighted by molar-refractivity contribution is 0.150. The second kappa shape index (κ2) is 6.36. The van der Waals surface area contributed by atoms with E-state index in [-0.39, 0.29) is 23.3 Å². The lowest BCUT2D eigenvalue weighted by atomic mass is 9.77. The Morgan fingerprint density at radius 3 is 2.71 bits per heavy atom. The quantitative estimate of drug-likeness (QED) is 0.920. The van der Waals surface area contributed by atoms with Gasteiger partial charge < -0.3 is 15.0 Å². The first-order valence-corrected chi connectivity index (χ1v) is 9.04. The Hall–Kier alpha value is -1.62. The molecule has 2 heterocycles. The Morgan fingerprint density at radius 2 is 2.08 bits per heavy atom. The molecule has 1 spiro atoms. The second-order valence-electron chi connectivity index (χ2n) is 7.64. The highest BCUT2D eigenvalue weighted by molar-refractivity contribution is 5.75. The molecule has 5 heteroatoms. The van der Waals surface area contributed by atoms with Gasteiger partial charge in [-0.05, 0) is 49.3 Å². The Balaban J connectivity index is 1.44. The summed E-state index contributed by atoms with van der Waals surface area (Å²) in [6, 6.07) is 6.56. The molecule has 2 saturated heterocycles. The van der Waals surface area contributed by atoms with Crippen LogP contribution in [0.1, 0.15) is 43.7 Å². The first-order chi connectivity index (χ1) is 11.7. The normalized spacial score (nSPS) is 28.1. The fourth-order valence-electron chi connectivity index (χ4n) is 4.22. The zero-order valence-corrected chi connectivity index (χ0v) is 14.0. The minimum atomic E-state index is -0.236. The van der Waals surface area contributed by atoms with Gasteiger partial charge in [-0.1, -0.05) is 18.6 Å². The van der Waals surface area contributed by atoms with Crippen molar-refractivity contribution in [1.82, 2.24) is 10.2 Å². The Bertz CT molecular complexity index is 594. The van der Waals surface area contributed by atoms with E-state index in [1.54, 1.807) is 12.1 Å². The number of nitrogens with zero attached hydrogens (tertiary/aromatic N) is 1. The number of hydrogen-bond donors (Lipinski definition) is 1. The van der Waals surface area contributed by atoms with Crippen LogP contribution >= 0.6 is 0 Å². The van der Waals surface area contributed by atoms with Crippen molar-refractivity contribution in [2.45, 2.75) is 38.1 Å². The SMILES string of the molecule is O=C(N[C@@H](c1ccc(F)cc1)C1CCC1)N1CC[C@]2(CCOC2)C1. The second-order valence-corrected chi connectivity index (χ2v) is 7.64. The van der Waals surface area contributed by atoms with Crippen molar-refractivity contribution >= 4 is 6.03 Å². The zero-order chi connectivity index (χ0) is 16.6. The lowest BCUT2D eigenvalue weighted by Crippen LogP contribution is -2.44. The van der Waals surface area contributed by atoms with Crippen molar-refractivity contribution < 1.29 is 13.9 Å². The first-order valence-electron chi connectivity index (χ1n) is 9.04. The molecule has 0 unspecified atom stereocenters. The standard InChI is InChI=1S/C19H25FN2O2/c20-16-6-4-15(5-7-16)17(14-2-1-3-14)21-18(23)22-10-8-19(12-22)9-11-24-13-19/h4-7,14,17H,1-3,8-13H2,(H,21,23)/t17-,19+/m1/s1. The van der Waals surface area contributed by atoms with Crippen LogP contribution < -0.4 is 5.32 Å². The molecule has 0 aromatic heterocycles. The molecule has 0 bridgehead atoms. The average molecular weight is 332 g/mol. The maximum absolute atomic E-state index is 13.2. The molecule has 2 atom stereocenters. The Morgan fingerprint density at radius 1 is 1.29 bits per heavy atom. The summed E-state index contributed by atoms with van der Waals surface area (Å²) < 4.78 is 18.8. The summed E-state index contributed by atoms with van der Waals surface area (Å²) >= 11 is 0. The molecule has 2 amide bonds. The number of hydrogen-bond acceptors (Lipinski definition) is 2. The van der Waals surface area contributed by atoms with Gasteiger partial charge in [0.05, 0.1) is 12.6 Å². The maximum Gasteiger partial charge on any atom is 0.317 e. The predicted octanol–water partition coefficient (Wildman–Crippen LogP) is 3.49. The summed E-state index contributed by atoms with van der Waals surface area (Å²) in [6.45, 7) is 3.19. The van der Waals surface area contributed by atoms with E-state index in [0.29, 0.717) is 5.92 Å². The van der Waals surface area contributed by atoms with Crippen molar-refractivity contribution in [3.8, 4) is 0 Å². The number of halogens is 1. The van der Waals surface area contributed by atoms with Crippen LogP contribution in [-0.2, 0) is 4.74 Å². The topological polar surface area (TPSA) is 41.6 Å². The van der Waals surface area contributed by atoms with E-state index < -0.39 is 0 Å². The maximum atomic E-state index is 13.2. The number of urea groups is 1. The average Bonchev–Trinajstić information content (AvgIpc) is 3.16. The monoisotopic (exact) mass is 332 g/mol. The third-order valence-electron chi connectivity index (χ3n) is 6.04. The first kappa shape index (κ1) is 15.9. The van der Waals surface area contributed by atoms with Crippen molar-refractivity contribution in [1.29, 1.82) is 0 Å². The highest BCUT2D eigenvalue weighted by atomic mass is 19.1. The van der Waals surface area contributed by atoms with Crippen molar-refractivity contribution in [2.24, 2.45) is 11.3 Å². The van der Waals surface area contributed by atoms with Gasteiger partial charge >= 0.3 is 6.03 Å². The lowest BCUT2D eigenvalue weighted by Gasteiger charge is -2.35. The molecule has 2 aliphatic heterocycles. The Kier molecular flexibility index (Phi) is 4.21. The molecule has 130 valence electrons. The molecular weight excluding hydrogens is 307 g/mol. The third-order valence-corrected chi connectivity index (χ3v) is 6.04. The number of carbonyl (C=O) groups excluding carboxylic acids is 1. The molecule has 1 saturated carbocycles. The van der Waals surface area contributed by atoms with E-state index in [9.17, 15) is 9.18 Å². The molecule has 0 radical (unpaired) electrons. The minimum Gasteiger partial charge on any atom is -0.381 e. The molecule has 3 fully saturated rings. The van der Waals surface area contributed by atoms with Crippen LogP contribution in [0.25, 0.3) is 0 Å². The zero-order valence-electron chi connectivity index (χ0n) is 14.0. The van der Waals surface area contributed by atoms with Crippen LogP contribution in [0.3, 0.4) is 0 Å². The van der Waals surface area contributed by atoms with Gasteiger partial charge in [0.15, 0.2) is 0 Å². The molecule has 1 aromatic rings. The molecule has 1 aliphatic carbocycles. The van der Waals surface area contributed by atoms with E-state index in [1.807, 2.05) is 4.90 Å². The van der Waals surface area contributed by atoms with Crippen LogP contribution in [0, 0.1) is 17.2 Å². The van der Waals surface area contributed by atoms with Gasteiger partial charge in [-0.2, -0.15) is 0 Å². The highest BCUT2D eigenvalue weighted by Crippen LogP contribution is 2.40. The van der Waals surface area contributed by atoms with Crippen LogP contribution in [0.15, 0.2) is 24.3 Å². The van der Waals surface area contributed by atoms with E-state index in [4.69, 9.17) is 4.74 Å². The predicted molar refractivity (Wildman–Crippen MR) is 89.1 cm³/mol. The summed E-state index contributed by atoms with van der Waals surface area (Å²) in [4.78, 5) is 14.7. The number of ether oxygens (including phenoxy) is 1. The van der Waals surface area contributed by atoms with Crippen molar-refractivity contribution in [3.05, 3.63) is 35.6 Å². The van der Waals surface area contributed by atoms with Crippen LogP contribution in [0.2, 0.25) is 0 Å². The number of likely N-dealkylation sites (tertiary alicyclic amines) is 1. The minimum absolute atomic E-state index is 0.0109. The summed E-state index contributed by atoms with van der Waals surface area (Å²) in [6.07, 6.45) is 5.55. The molecule has 3 aliphatic rings. The number of nitrogens with one attached hydrogen (secondary N) is 1. The van der Waals surface area contributed by atoms with Crippen LogP contribution in [-0.4, -0.2) is 37.2 Å². The fourth-order valence-corrected chi connectivity index (χ4v) is 4.22. The summed E-state index contributed by atoms with van der Waals surface area (Å²) in [5.74, 6) is 0.228. The smallest absolute Gasteiger partial charge is 0.317 e. The largest absolute Gasteiger partial charge is 0.381 e. The number of amides is 2. The van der Waals surface area contributed by atoms with Gasteiger partial charge in [0.25, 0.3) is 0 Å². The molecular formula is C19H25FN2O2. The van der Waals surface area contributed by atoms with Gasteiger partial charge in [0.2, 0.25) is 0 Å². The van der Waals surface area contributed by atoms with Crippen LogP contribution in [0.5, 0.6) is 0 Å². The summed E-state index contributed by atoms with van der Waals surface area (Å²) in [5.41, 5.74) is 1.19. The molecule has 1 aromatic carbocycles. The fraction of sp³-hybridized carbons (Fsp3) is 0.632. The summed E-state index contributed by atoms with van der Waals surface area (Å²) in [5, 5.41) is 3.23. The van der Waals surface area contributed by atoms with Gasteiger partial charge in [0.1, 0.15) is 5.82 Å². The Labute approximate surface area is 142 Å². The number of benzene rings is 1. The molecule has 4 rings (SSSR count). The third kappa shape index (κ3) is 3.02. The van der Waals surface area contributed by atoms with Gasteiger partial charge in [-0.15, -0.1) is 0 Å². The number of carbonyl (C=O) groups is 1. The summed E-state index contributed by atoms with van der Waals surface area (Å²) in [7, 11) is 0. The molecule has 1 N–H and O–H groups in total. The molecule has 4 nitrogen and oxygen atoms in total. The van der Waals surface area contributed by atoms with Gasteiger partial charge in [-0.3, -0.25) is 0 Å². The van der Waals surface area contributed by atoms with Gasteiger partial charge in [0, 0.05) is 25.1 Å². The van der Waals surface area contributed by atoms with E-state index in [1.165, 1.54) is 18.6 Å². The van der Waals surface area contributed by atoms with Crippen LogP contribution in [0.4, 0.5) is 9.18 Å². The van der Waals surface area contributed by atoms with E-state index >= 15 is 0 Å².